The van der Waals surface area contributed by atoms with Crippen LogP contribution in [0.5, 0.6) is 0 Å². The summed E-state index contributed by atoms with van der Waals surface area (Å²) in [7, 11) is 0. The SMILES string of the molecule is CCC(CC(=O)O)OC(=O)CC(CC)O[C@@H]1OC(C)[C@H](O)C(O)[C@@H]1O. The van der Waals surface area contributed by atoms with E-state index in [1.807, 2.05) is 0 Å². The van der Waals surface area contributed by atoms with Gasteiger partial charge in [-0.15, -0.1) is 0 Å². The average molecular weight is 364 g/mol. The number of esters is 1. The van der Waals surface area contributed by atoms with E-state index in [0.717, 1.165) is 0 Å². The first kappa shape index (κ1) is 21.8. The quantitative estimate of drug-likeness (QED) is 0.409. The van der Waals surface area contributed by atoms with E-state index in [1.165, 1.54) is 6.92 Å². The molecule has 4 unspecified atom stereocenters. The molecule has 25 heavy (non-hydrogen) atoms. The van der Waals surface area contributed by atoms with Crippen molar-refractivity contribution in [1.29, 1.82) is 0 Å². The molecule has 0 spiro atoms. The van der Waals surface area contributed by atoms with E-state index in [2.05, 4.69) is 0 Å². The Morgan fingerprint density at radius 2 is 1.60 bits per heavy atom. The van der Waals surface area contributed by atoms with E-state index in [1.54, 1.807) is 13.8 Å². The second-order valence-electron chi connectivity index (χ2n) is 6.17. The summed E-state index contributed by atoms with van der Waals surface area (Å²) < 4.78 is 16.0. The molecule has 4 N–H and O–H groups in total. The van der Waals surface area contributed by atoms with E-state index in [0.29, 0.717) is 12.8 Å². The summed E-state index contributed by atoms with van der Waals surface area (Å²) in [5, 5.41) is 38.2. The zero-order valence-corrected chi connectivity index (χ0v) is 14.7. The molecule has 9 nitrogen and oxygen atoms in total. The molecule has 0 aromatic carbocycles. The Labute approximate surface area is 146 Å². The number of carbonyl (C=O) groups is 2. The Morgan fingerprint density at radius 3 is 2.12 bits per heavy atom. The minimum atomic E-state index is -1.45. The summed E-state index contributed by atoms with van der Waals surface area (Å²) in [6, 6.07) is 0. The third-order valence-corrected chi connectivity index (χ3v) is 4.14. The van der Waals surface area contributed by atoms with E-state index < -0.39 is 54.9 Å². The summed E-state index contributed by atoms with van der Waals surface area (Å²) in [6.07, 6.45) is -7.03. The molecule has 0 radical (unpaired) electrons. The molecule has 7 atom stereocenters. The van der Waals surface area contributed by atoms with E-state index in [-0.39, 0.29) is 12.8 Å². The Kier molecular flexibility index (Phi) is 8.74. The first-order valence-corrected chi connectivity index (χ1v) is 8.45. The van der Waals surface area contributed by atoms with Gasteiger partial charge in [-0.1, -0.05) is 13.8 Å². The maximum Gasteiger partial charge on any atom is 0.308 e. The van der Waals surface area contributed by atoms with Crippen LogP contribution in [-0.2, 0) is 23.8 Å². The maximum absolute atomic E-state index is 12.0. The molecule has 0 bridgehead atoms. The monoisotopic (exact) mass is 364 g/mol. The molecular weight excluding hydrogens is 336 g/mol. The third kappa shape index (κ3) is 6.52. The average Bonchev–Trinajstić information content (AvgIpc) is 2.55. The van der Waals surface area contributed by atoms with Crippen LogP contribution in [0.4, 0.5) is 0 Å². The van der Waals surface area contributed by atoms with Gasteiger partial charge in [0, 0.05) is 0 Å². The van der Waals surface area contributed by atoms with Crippen LogP contribution < -0.4 is 0 Å². The molecule has 1 fully saturated rings. The van der Waals surface area contributed by atoms with Gasteiger partial charge in [0.1, 0.15) is 24.4 Å². The van der Waals surface area contributed by atoms with Gasteiger partial charge in [-0.05, 0) is 19.8 Å². The van der Waals surface area contributed by atoms with Gasteiger partial charge in [0.25, 0.3) is 0 Å². The van der Waals surface area contributed by atoms with Gasteiger partial charge < -0.3 is 34.6 Å². The van der Waals surface area contributed by atoms with Crippen LogP contribution in [0.1, 0.15) is 46.5 Å². The molecule has 0 aromatic heterocycles. The lowest BCUT2D eigenvalue weighted by Gasteiger charge is -2.40. The topological polar surface area (TPSA) is 143 Å². The van der Waals surface area contributed by atoms with Crippen molar-refractivity contribution in [3.8, 4) is 0 Å². The standard InChI is InChI=1S/C16H28O9/c1-4-9(6-11(17)18)24-12(19)7-10(5-2)25-16-15(22)14(21)13(20)8(3)23-16/h8-10,13-16,20-22H,4-7H2,1-3H3,(H,17,18)/t8?,9?,10?,13-,14?,15-,16-/m0/s1. The summed E-state index contributed by atoms with van der Waals surface area (Å²) in [6.45, 7) is 5.01. The van der Waals surface area contributed by atoms with Gasteiger partial charge >= 0.3 is 11.9 Å². The number of ether oxygens (including phenoxy) is 3. The molecule has 146 valence electrons. The Bertz CT molecular complexity index is 441. The fourth-order valence-corrected chi connectivity index (χ4v) is 2.49. The van der Waals surface area contributed by atoms with Crippen molar-refractivity contribution in [3.63, 3.8) is 0 Å². The highest BCUT2D eigenvalue weighted by Crippen LogP contribution is 2.24. The van der Waals surface area contributed by atoms with Crippen LogP contribution in [0.15, 0.2) is 0 Å². The van der Waals surface area contributed by atoms with Crippen molar-refractivity contribution in [3.05, 3.63) is 0 Å². The number of aliphatic hydroxyl groups is 3. The number of hydrogen-bond donors (Lipinski definition) is 4. The molecule has 1 rings (SSSR count). The molecule has 0 aromatic rings. The molecule has 1 saturated heterocycles. The molecule has 1 heterocycles. The lowest BCUT2D eigenvalue weighted by molar-refractivity contribution is -0.304. The second-order valence-corrected chi connectivity index (χ2v) is 6.17. The Balaban J connectivity index is 2.58. The number of carboxylic acid groups (broad SMARTS) is 1. The maximum atomic E-state index is 12.0. The van der Waals surface area contributed by atoms with E-state index in [4.69, 9.17) is 19.3 Å². The van der Waals surface area contributed by atoms with Crippen LogP contribution in [0.3, 0.4) is 0 Å². The largest absolute Gasteiger partial charge is 0.481 e. The van der Waals surface area contributed by atoms with Crippen LogP contribution in [0.2, 0.25) is 0 Å². The number of rotatable bonds is 9. The number of aliphatic carboxylic acids is 1. The molecule has 0 aliphatic carbocycles. The number of carbonyl (C=O) groups excluding carboxylic acids is 1. The molecular formula is C16H28O9. The lowest BCUT2D eigenvalue weighted by atomic mass is 10.00. The molecule has 9 heteroatoms. The van der Waals surface area contributed by atoms with Gasteiger partial charge in [0.05, 0.1) is 25.0 Å². The van der Waals surface area contributed by atoms with Crippen molar-refractivity contribution in [2.75, 3.05) is 0 Å². The molecule has 1 aliphatic rings. The van der Waals surface area contributed by atoms with Crippen molar-refractivity contribution in [2.45, 2.75) is 89.4 Å². The fraction of sp³-hybridized carbons (Fsp3) is 0.875. The van der Waals surface area contributed by atoms with Gasteiger partial charge in [0.2, 0.25) is 0 Å². The zero-order chi connectivity index (χ0) is 19.1. The van der Waals surface area contributed by atoms with Crippen LogP contribution in [0.25, 0.3) is 0 Å². The number of carboxylic acids is 1. The van der Waals surface area contributed by atoms with Crippen LogP contribution in [-0.4, -0.2) is 75.3 Å². The first-order valence-electron chi connectivity index (χ1n) is 8.45. The van der Waals surface area contributed by atoms with Gasteiger partial charge in [-0.3, -0.25) is 9.59 Å². The zero-order valence-electron chi connectivity index (χ0n) is 14.7. The predicted molar refractivity (Wildman–Crippen MR) is 84.6 cm³/mol. The first-order chi connectivity index (χ1) is 11.7. The summed E-state index contributed by atoms with van der Waals surface area (Å²) in [5.41, 5.74) is 0. The highest BCUT2D eigenvalue weighted by molar-refractivity contribution is 5.71. The summed E-state index contributed by atoms with van der Waals surface area (Å²) in [5.74, 6) is -1.66. The Morgan fingerprint density at radius 1 is 1.00 bits per heavy atom. The molecule has 1 aliphatic heterocycles. The van der Waals surface area contributed by atoms with Gasteiger partial charge in [-0.25, -0.2) is 0 Å². The molecule has 0 amide bonds. The van der Waals surface area contributed by atoms with Crippen molar-refractivity contribution in [2.24, 2.45) is 0 Å². The number of hydrogen-bond acceptors (Lipinski definition) is 8. The van der Waals surface area contributed by atoms with E-state index in [9.17, 15) is 24.9 Å². The van der Waals surface area contributed by atoms with Gasteiger partial charge in [0.15, 0.2) is 6.29 Å². The fourth-order valence-electron chi connectivity index (χ4n) is 2.49. The van der Waals surface area contributed by atoms with Crippen LogP contribution >= 0.6 is 0 Å². The highest BCUT2D eigenvalue weighted by Gasteiger charge is 2.43. The van der Waals surface area contributed by atoms with Crippen molar-refractivity contribution >= 4 is 11.9 Å². The summed E-state index contributed by atoms with van der Waals surface area (Å²) >= 11 is 0. The third-order valence-electron chi connectivity index (χ3n) is 4.14. The van der Waals surface area contributed by atoms with Crippen LogP contribution in [0, 0.1) is 0 Å². The highest BCUT2D eigenvalue weighted by atomic mass is 16.7. The normalized spacial score (nSPS) is 32.0. The molecule has 0 saturated carbocycles. The lowest BCUT2D eigenvalue weighted by Crippen LogP contribution is -2.58. The second kappa shape index (κ2) is 10.0. The predicted octanol–water partition coefficient (Wildman–Crippen LogP) is -0.204. The minimum Gasteiger partial charge on any atom is -0.481 e. The minimum absolute atomic E-state index is 0.147. The van der Waals surface area contributed by atoms with Crippen molar-refractivity contribution < 1.29 is 44.2 Å². The Hall–Kier alpha value is -1.26. The smallest absolute Gasteiger partial charge is 0.308 e. The van der Waals surface area contributed by atoms with E-state index >= 15 is 0 Å². The van der Waals surface area contributed by atoms with Gasteiger partial charge in [-0.2, -0.15) is 0 Å². The van der Waals surface area contributed by atoms with Crippen molar-refractivity contribution in [1.82, 2.24) is 0 Å². The number of aliphatic hydroxyl groups excluding tert-OH is 3. The summed E-state index contributed by atoms with van der Waals surface area (Å²) in [4.78, 5) is 22.7.